The molecule has 0 bridgehead atoms. The summed E-state index contributed by atoms with van der Waals surface area (Å²) < 4.78 is 5.91. The van der Waals surface area contributed by atoms with E-state index in [-0.39, 0.29) is 12.5 Å². The number of carbonyl (C=O) groups is 1. The van der Waals surface area contributed by atoms with Gasteiger partial charge in [0.2, 0.25) is 5.91 Å². The third kappa shape index (κ3) is 7.04. The van der Waals surface area contributed by atoms with Crippen molar-refractivity contribution in [2.24, 2.45) is 0 Å². The maximum absolute atomic E-state index is 12.7. The lowest BCUT2D eigenvalue weighted by atomic mass is 9.96. The number of aliphatic hydroxyl groups is 1. The minimum Gasteiger partial charge on any atom is -0.491 e. The number of hydrogen-bond donors (Lipinski definition) is 1. The summed E-state index contributed by atoms with van der Waals surface area (Å²) in [7, 11) is 2.02. The highest BCUT2D eigenvalue weighted by Crippen LogP contribution is 2.25. The molecule has 6 heteroatoms. The molecule has 168 valence electrons. The Hall–Kier alpha value is -2.44. The molecule has 1 aliphatic rings. The summed E-state index contributed by atoms with van der Waals surface area (Å²) in [5.74, 6) is 0.933. The lowest BCUT2D eigenvalue weighted by Crippen LogP contribution is -2.39. The van der Waals surface area contributed by atoms with Crippen molar-refractivity contribution in [2.75, 3.05) is 33.3 Å². The Labute approximate surface area is 185 Å². The first-order valence-electron chi connectivity index (χ1n) is 11.1. The third-order valence-corrected chi connectivity index (χ3v) is 6.14. The van der Waals surface area contributed by atoms with Gasteiger partial charge in [0.15, 0.2) is 0 Å². The van der Waals surface area contributed by atoms with Crippen molar-refractivity contribution in [3.63, 3.8) is 0 Å². The summed E-state index contributed by atoms with van der Waals surface area (Å²) >= 11 is 0. The number of carbonyl (C=O) groups excluding carboxylic acids is 1. The number of amides is 1. The van der Waals surface area contributed by atoms with Crippen molar-refractivity contribution in [2.45, 2.75) is 51.7 Å². The van der Waals surface area contributed by atoms with Gasteiger partial charge in [0.1, 0.15) is 18.0 Å². The maximum Gasteiger partial charge on any atom is 0.223 e. The fraction of sp³-hybridized carbons (Fsp3) is 0.520. The summed E-state index contributed by atoms with van der Waals surface area (Å²) in [5, 5.41) is 11.0. The number of pyridine rings is 1. The number of likely N-dealkylation sites (tertiary alicyclic amines) is 1. The molecule has 1 atom stereocenters. The topological polar surface area (TPSA) is 65.9 Å². The molecule has 31 heavy (non-hydrogen) atoms. The minimum atomic E-state index is -0.898. The second-order valence-corrected chi connectivity index (χ2v) is 8.84. The average Bonchev–Trinajstić information content (AvgIpc) is 2.96. The summed E-state index contributed by atoms with van der Waals surface area (Å²) in [4.78, 5) is 20.9. The lowest BCUT2D eigenvalue weighted by molar-refractivity contribution is -0.131. The molecule has 1 amide bonds. The van der Waals surface area contributed by atoms with Gasteiger partial charge in [-0.15, -0.1) is 0 Å². The summed E-state index contributed by atoms with van der Waals surface area (Å²) in [6.45, 7) is 7.11. The molecule has 1 aliphatic heterocycles. The molecule has 0 aliphatic carbocycles. The molecule has 0 radical (unpaired) electrons. The molecular weight excluding hydrogens is 390 g/mol. The van der Waals surface area contributed by atoms with E-state index in [2.05, 4.69) is 23.7 Å². The lowest BCUT2D eigenvalue weighted by Gasteiger charge is -2.27. The van der Waals surface area contributed by atoms with Gasteiger partial charge in [-0.25, -0.2) is 0 Å². The standard InChI is InChI=1S/C25H35N3O3/c1-20-7-8-23(16-21(20)2)31-19-25(30)10-5-13-28(15-11-25)24(29)9-14-27(3)18-22-6-4-12-26-17-22/h4,6-8,12,16-17,30H,5,9-11,13-15,18-19H2,1-3H3. The minimum absolute atomic E-state index is 0.150. The normalized spacial score (nSPS) is 19.3. The van der Waals surface area contributed by atoms with Crippen LogP contribution in [0.3, 0.4) is 0 Å². The second kappa shape index (κ2) is 10.7. The largest absolute Gasteiger partial charge is 0.491 e. The number of hydrogen-bond acceptors (Lipinski definition) is 5. The molecular formula is C25H35N3O3. The zero-order chi connectivity index (χ0) is 22.3. The maximum atomic E-state index is 12.7. The second-order valence-electron chi connectivity index (χ2n) is 8.84. The van der Waals surface area contributed by atoms with Gasteiger partial charge in [-0.2, -0.15) is 0 Å². The fourth-order valence-electron chi connectivity index (χ4n) is 3.92. The van der Waals surface area contributed by atoms with Crippen LogP contribution in [0.15, 0.2) is 42.7 Å². The van der Waals surface area contributed by atoms with Gasteiger partial charge >= 0.3 is 0 Å². The third-order valence-electron chi connectivity index (χ3n) is 6.14. The summed E-state index contributed by atoms with van der Waals surface area (Å²) in [5.41, 5.74) is 2.64. The number of benzene rings is 1. The van der Waals surface area contributed by atoms with E-state index in [1.165, 1.54) is 11.1 Å². The number of rotatable bonds is 8. The van der Waals surface area contributed by atoms with E-state index in [9.17, 15) is 9.90 Å². The van der Waals surface area contributed by atoms with E-state index >= 15 is 0 Å². The van der Waals surface area contributed by atoms with E-state index in [0.29, 0.717) is 38.9 Å². The van der Waals surface area contributed by atoms with Crippen molar-refractivity contribution in [1.29, 1.82) is 0 Å². The van der Waals surface area contributed by atoms with Gasteiger partial charge in [-0.3, -0.25) is 9.78 Å². The molecule has 2 heterocycles. The van der Waals surface area contributed by atoms with Gasteiger partial charge in [-0.1, -0.05) is 12.1 Å². The Balaban J connectivity index is 1.44. The Kier molecular flexibility index (Phi) is 8.04. The SMILES string of the molecule is Cc1ccc(OCC2(O)CCCN(C(=O)CCN(C)Cc3cccnc3)CC2)cc1C. The molecule has 6 nitrogen and oxygen atoms in total. The number of aromatic nitrogens is 1. The quantitative estimate of drug-likeness (QED) is 0.703. The van der Waals surface area contributed by atoms with Crippen LogP contribution in [-0.2, 0) is 11.3 Å². The van der Waals surface area contributed by atoms with Crippen molar-refractivity contribution in [1.82, 2.24) is 14.8 Å². The Bertz CT molecular complexity index is 858. The van der Waals surface area contributed by atoms with Crippen LogP contribution in [0.1, 0.15) is 42.4 Å². The smallest absolute Gasteiger partial charge is 0.223 e. The summed E-state index contributed by atoms with van der Waals surface area (Å²) in [6, 6.07) is 9.96. The Morgan fingerprint density at radius 3 is 2.81 bits per heavy atom. The highest BCUT2D eigenvalue weighted by molar-refractivity contribution is 5.76. The highest BCUT2D eigenvalue weighted by atomic mass is 16.5. The molecule has 3 rings (SSSR count). The monoisotopic (exact) mass is 425 g/mol. The van der Waals surface area contributed by atoms with E-state index in [1.807, 2.05) is 48.5 Å². The van der Waals surface area contributed by atoms with Crippen molar-refractivity contribution in [3.05, 3.63) is 59.4 Å². The molecule has 1 aromatic heterocycles. The zero-order valence-corrected chi connectivity index (χ0v) is 19.0. The van der Waals surface area contributed by atoms with Crippen LogP contribution in [0, 0.1) is 13.8 Å². The van der Waals surface area contributed by atoms with Crippen molar-refractivity contribution < 1.29 is 14.6 Å². The van der Waals surface area contributed by atoms with Crippen LogP contribution in [0.4, 0.5) is 0 Å². The van der Waals surface area contributed by atoms with Crippen LogP contribution in [0.5, 0.6) is 5.75 Å². The van der Waals surface area contributed by atoms with E-state index in [1.54, 1.807) is 6.20 Å². The average molecular weight is 426 g/mol. The molecule has 0 saturated carbocycles. The van der Waals surface area contributed by atoms with Crippen LogP contribution < -0.4 is 4.74 Å². The molecule has 2 aromatic rings. The molecule has 1 saturated heterocycles. The zero-order valence-electron chi connectivity index (χ0n) is 19.0. The van der Waals surface area contributed by atoms with Crippen LogP contribution in [-0.4, -0.2) is 64.7 Å². The predicted octanol–water partition coefficient (Wildman–Crippen LogP) is 3.34. The molecule has 1 N–H and O–H groups in total. The number of aryl methyl sites for hydroxylation is 2. The van der Waals surface area contributed by atoms with Crippen LogP contribution in [0.2, 0.25) is 0 Å². The van der Waals surface area contributed by atoms with Gasteiger partial charge in [0, 0.05) is 45.0 Å². The number of ether oxygens (including phenoxy) is 1. The van der Waals surface area contributed by atoms with Gasteiger partial charge in [0.25, 0.3) is 0 Å². The van der Waals surface area contributed by atoms with Gasteiger partial charge in [0.05, 0.1) is 0 Å². The highest BCUT2D eigenvalue weighted by Gasteiger charge is 2.32. The Morgan fingerprint density at radius 2 is 2.06 bits per heavy atom. The summed E-state index contributed by atoms with van der Waals surface area (Å²) in [6.07, 6.45) is 6.06. The van der Waals surface area contributed by atoms with Gasteiger partial charge in [-0.05, 0) is 75.0 Å². The molecule has 1 aromatic carbocycles. The predicted molar refractivity (Wildman–Crippen MR) is 122 cm³/mol. The van der Waals surface area contributed by atoms with Crippen LogP contribution in [0.25, 0.3) is 0 Å². The molecule has 1 fully saturated rings. The molecule has 1 unspecified atom stereocenters. The fourth-order valence-corrected chi connectivity index (χ4v) is 3.92. The van der Waals surface area contributed by atoms with E-state index in [4.69, 9.17) is 4.74 Å². The van der Waals surface area contributed by atoms with E-state index in [0.717, 1.165) is 24.3 Å². The molecule has 0 spiro atoms. The van der Waals surface area contributed by atoms with Crippen molar-refractivity contribution in [3.8, 4) is 5.75 Å². The van der Waals surface area contributed by atoms with Gasteiger partial charge < -0.3 is 19.6 Å². The first-order chi connectivity index (χ1) is 14.8. The van der Waals surface area contributed by atoms with E-state index < -0.39 is 5.60 Å². The Morgan fingerprint density at radius 1 is 1.23 bits per heavy atom. The van der Waals surface area contributed by atoms with Crippen LogP contribution >= 0.6 is 0 Å². The first kappa shape index (κ1) is 23.2. The first-order valence-corrected chi connectivity index (χ1v) is 11.1. The van der Waals surface area contributed by atoms with Crippen molar-refractivity contribution >= 4 is 5.91 Å². The number of nitrogens with zero attached hydrogens (tertiary/aromatic N) is 3.